The molecule has 3 rings (SSSR count). The Hall–Kier alpha value is -2.00. The van der Waals surface area contributed by atoms with Crippen LogP contribution in [0.5, 0.6) is 11.5 Å². The Labute approximate surface area is 125 Å². The summed E-state index contributed by atoms with van der Waals surface area (Å²) >= 11 is 0. The molecule has 0 aliphatic carbocycles. The van der Waals surface area contributed by atoms with Crippen molar-refractivity contribution in [2.75, 3.05) is 13.1 Å². The first kappa shape index (κ1) is 14.0. The van der Waals surface area contributed by atoms with E-state index in [9.17, 15) is 10.2 Å². The zero-order valence-electron chi connectivity index (χ0n) is 12.1. The molecule has 1 unspecified atom stereocenters. The third kappa shape index (κ3) is 3.56. The van der Waals surface area contributed by atoms with E-state index < -0.39 is 0 Å². The van der Waals surface area contributed by atoms with Crippen LogP contribution in [-0.4, -0.2) is 28.2 Å². The van der Waals surface area contributed by atoms with Crippen LogP contribution in [-0.2, 0) is 13.0 Å². The molecule has 3 nitrogen and oxygen atoms in total. The molecule has 0 aromatic heterocycles. The summed E-state index contributed by atoms with van der Waals surface area (Å²) in [7, 11) is 0. The summed E-state index contributed by atoms with van der Waals surface area (Å²) < 4.78 is 0. The minimum absolute atomic E-state index is 0.119. The van der Waals surface area contributed by atoms with Gasteiger partial charge in [-0.3, -0.25) is 4.90 Å². The SMILES string of the molecule is Oc1ccc(CC2CCN(Cc3ccccc3)C2)c(O)c1. The molecule has 0 radical (unpaired) electrons. The molecule has 1 heterocycles. The fourth-order valence-corrected chi connectivity index (χ4v) is 3.10. The lowest BCUT2D eigenvalue weighted by atomic mass is 9.98. The molecule has 0 amide bonds. The summed E-state index contributed by atoms with van der Waals surface area (Å²) in [4.78, 5) is 2.47. The number of likely N-dealkylation sites (tertiary alicyclic amines) is 1. The lowest BCUT2D eigenvalue weighted by molar-refractivity contribution is 0.315. The fraction of sp³-hybridized carbons (Fsp3) is 0.333. The van der Waals surface area contributed by atoms with E-state index in [1.165, 1.54) is 11.6 Å². The van der Waals surface area contributed by atoms with Crippen LogP contribution in [0, 0.1) is 5.92 Å². The average molecular weight is 283 g/mol. The zero-order chi connectivity index (χ0) is 14.7. The smallest absolute Gasteiger partial charge is 0.122 e. The van der Waals surface area contributed by atoms with Crippen molar-refractivity contribution < 1.29 is 10.2 Å². The maximum absolute atomic E-state index is 9.88. The molecule has 21 heavy (non-hydrogen) atoms. The molecular formula is C18H21NO2. The van der Waals surface area contributed by atoms with Crippen molar-refractivity contribution in [1.82, 2.24) is 4.90 Å². The van der Waals surface area contributed by atoms with Gasteiger partial charge in [0, 0.05) is 19.2 Å². The highest BCUT2D eigenvalue weighted by molar-refractivity contribution is 5.39. The predicted molar refractivity (Wildman–Crippen MR) is 83.3 cm³/mol. The fourth-order valence-electron chi connectivity index (χ4n) is 3.10. The van der Waals surface area contributed by atoms with E-state index in [2.05, 4.69) is 29.2 Å². The normalized spacial score (nSPS) is 19.0. The van der Waals surface area contributed by atoms with Crippen LogP contribution in [0.2, 0.25) is 0 Å². The van der Waals surface area contributed by atoms with Gasteiger partial charge in [0.15, 0.2) is 0 Å². The Morgan fingerprint density at radius 2 is 1.86 bits per heavy atom. The maximum Gasteiger partial charge on any atom is 0.122 e. The van der Waals surface area contributed by atoms with Gasteiger partial charge in [0.05, 0.1) is 0 Å². The van der Waals surface area contributed by atoms with E-state index in [0.717, 1.165) is 38.0 Å². The predicted octanol–water partition coefficient (Wildman–Crippen LogP) is 3.16. The summed E-state index contributed by atoms with van der Waals surface area (Å²) in [5.41, 5.74) is 2.28. The van der Waals surface area contributed by atoms with Crippen LogP contribution in [0.25, 0.3) is 0 Å². The van der Waals surface area contributed by atoms with Gasteiger partial charge in [0.25, 0.3) is 0 Å². The second-order valence-electron chi connectivity index (χ2n) is 5.89. The Kier molecular flexibility index (Phi) is 4.11. The standard InChI is InChI=1S/C18H21NO2/c20-17-7-6-16(18(21)11-17)10-15-8-9-19(13-15)12-14-4-2-1-3-5-14/h1-7,11,15,20-21H,8-10,12-13H2. The van der Waals surface area contributed by atoms with E-state index in [1.807, 2.05) is 12.1 Å². The molecule has 0 saturated carbocycles. The van der Waals surface area contributed by atoms with Gasteiger partial charge in [0.2, 0.25) is 0 Å². The van der Waals surface area contributed by atoms with Gasteiger partial charge in [-0.15, -0.1) is 0 Å². The Morgan fingerprint density at radius 3 is 2.62 bits per heavy atom. The molecular weight excluding hydrogens is 262 g/mol. The quantitative estimate of drug-likeness (QED) is 0.906. The van der Waals surface area contributed by atoms with Crippen molar-refractivity contribution in [1.29, 1.82) is 0 Å². The van der Waals surface area contributed by atoms with E-state index >= 15 is 0 Å². The third-order valence-corrected chi connectivity index (χ3v) is 4.20. The summed E-state index contributed by atoms with van der Waals surface area (Å²) in [5.74, 6) is 0.897. The molecule has 110 valence electrons. The van der Waals surface area contributed by atoms with Gasteiger partial charge in [-0.05, 0) is 42.5 Å². The van der Waals surface area contributed by atoms with Gasteiger partial charge in [-0.2, -0.15) is 0 Å². The molecule has 1 aliphatic heterocycles. The Bertz CT molecular complexity index is 597. The summed E-state index contributed by atoms with van der Waals surface area (Å²) in [6.07, 6.45) is 2.03. The Morgan fingerprint density at radius 1 is 1.05 bits per heavy atom. The number of aromatic hydroxyl groups is 2. The monoisotopic (exact) mass is 283 g/mol. The second kappa shape index (κ2) is 6.19. The number of benzene rings is 2. The van der Waals surface area contributed by atoms with E-state index in [0.29, 0.717) is 5.92 Å². The average Bonchev–Trinajstić information content (AvgIpc) is 2.90. The molecule has 3 heteroatoms. The van der Waals surface area contributed by atoms with Gasteiger partial charge in [0.1, 0.15) is 11.5 Å². The molecule has 1 aliphatic rings. The minimum Gasteiger partial charge on any atom is -0.508 e. The topological polar surface area (TPSA) is 43.7 Å². The molecule has 2 aromatic rings. The molecule has 2 N–H and O–H groups in total. The van der Waals surface area contributed by atoms with E-state index in [-0.39, 0.29) is 11.5 Å². The lowest BCUT2D eigenvalue weighted by Gasteiger charge is -2.16. The first-order chi connectivity index (χ1) is 10.2. The van der Waals surface area contributed by atoms with Crippen LogP contribution < -0.4 is 0 Å². The molecule has 1 fully saturated rings. The van der Waals surface area contributed by atoms with Crippen molar-refractivity contribution in [3.63, 3.8) is 0 Å². The van der Waals surface area contributed by atoms with Gasteiger partial charge >= 0.3 is 0 Å². The summed E-state index contributed by atoms with van der Waals surface area (Å²) in [5, 5.41) is 19.2. The van der Waals surface area contributed by atoms with Gasteiger partial charge in [-0.1, -0.05) is 36.4 Å². The van der Waals surface area contributed by atoms with Crippen molar-refractivity contribution in [3.8, 4) is 11.5 Å². The number of nitrogens with zero attached hydrogens (tertiary/aromatic N) is 1. The first-order valence-corrected chi connectivity index (χ1v) is 7.48. The molecule has 0 spiro atoms. The number of phenolic OH excluding ortho intramolecular Hbond substituents is 2. The van der Waals surface area contributed by atoms with Crippen molar-refractivity contribution in [2.24, 2.45) is 5.92 Å². The zero-order valence-corrected chi connectivity index (χ0v) is 12.1. The van der Waals surface area contributed by atoms with Crippen LogP contribution in [0.1, 0.15) is 17.5 Å². The first-order valence-electron chi connectivity index (χ1n) is 7.48. The number of rotatable bonds is 4. The van der Waals surface area contributed by atoms with Crippen molar-refractivity contribution in [3.05, 3.63) is 59.7 Å². The minimum atomic E-state index is 0.119. The van der Waals surface area contributed by atoms with Gasteiger partial charge in [-0.25, -0.2) is 0 Å². The largest absolute Gasteiger partial charge is 0.508 e. The van der Waals surface area contributed by atoms with Crippen molar-refractivity contribution >= 4 is 0 Å². The van der Waals surface area contributed by atoms with Crippen LogP contribution in [0.4, 0.5) is 0 Å². The highest BCUT2D eigenvalue weighted by Crippen LogP contribution is 2.28. The molecule has 1 atom stereocenters. The lowest BCUT2D eigenvalue weighted by Crippen LogP contribution is -2.20. The summed E-state index contributed by atoms with van der Waals surface area (Å²) in [6, 6.07) is 15.4. The molecule has 0 bridgehead atoms. The van der Waals surface area contributed by atoms with Gasteiger partial charge < -0.3 is 10.2 Å². The van der Waals surface area contributed by atoms with Crippen molar-refractivity contribution in [2.45, 2.75) is 19.4 Å². The second-order valence-corrected chi connectivity index (χ2v) is 5.89. The highest BCUT2D eigenvalue weighted by Gasteiger charge is 2.23. The van der Waals surface area contributed by atoms with Crippen LogP contribution in [0.15, 0.2) is 48.5 Å². The molecule has 2 aromatic carbocycles. The summed E-state index contributed by atoms with van der Waals surface area (Å²) in [6.45, 7) is 3.17. The third-order valence-electron chi connectivity index (χ3n) is 4.20. The number of hydrogen-bond acceptors (Lipinski definition) is 3. The number of hydrogen-bond donors (Lipinski definition) is 2. The van der Waals surface area contributed by atoms with E-state index in [1.54, 1.807) is 6.07 Å². The van der Waals surface area contributed by atoms with Crippen LogP contribution >= 0.6 is 0 Å². The molecule has 1 saturated heterocycles. The Balaban J connectivity index is 1.57. The maximum atomic E-state index is 9.88. The number of phenols is 2. The highest BCUT2D eigenvalue weighted by atomic mass is 16.3. The van der Waals surface area contributed by atoms with E-state index in [4.69, 9.17) is 0 Å². The van der Waals surface area contributed by atoms with Crippen LogP contribution in [0.3, 0.4) is 0 Å².